The molecule has 0 spiro atoms. The Morgan fingerprint density at radius 3 is 1.95 bits per heavy atom. The van der Waals surface area contributed by atoms with Crippen LogP contribution in [0.3, 0.4) is 0 Å². The summed E-state index contributed by atoms with van der Waals surface area (Å²) in [6.45, 7) is 17.7. The van der Waals surface area contributed by atoms with Gasteiger partial charge in [0, 0.05) is 31.0 Å². The zero-order valence-corrected chi connectivity index (χ0v) is 26.9. The fraction of sp³-hybridized carbons (Fsp3) is 0.828. The molecule has 12 nitrogen and oxygen atoms in total. The minimum absolute atomic E-state index is 0.116. The van der Waals surface area contributed by atoms with E-state index in [1.807, 2.05) is 34.6 Å². The first-order valence-electron chi connectivity index (χ1n) is 14.6. The molecule has 0 bridgehead atoms. The molecule has 3 unspecified atom stereocenters. The first kappa shape index (κ1) is 38.3. The lowest BCUT2D eigenvalue weighted by Crippen LogP contribution is -2.57. The van der Waals surface area contributed by atoms with E-state index in [1.54, 1.807) is 34.7 Å². The molecule has 7 N–H and O–H groups in total. The quantitative estimate of drug-likeness (QED) is 0.125. The molecule has 0 heterocycles. The molecule has 0 saturated heterocycles. The van der Waals surface area contributed by atoms with E-state index in [4.69, 9.17) is 10.5 Å². The Balaban J connectivity index is 5.16. The maximum Gasteiger partial charge on any atom is 0.312 e. The second-order valence-electron chi connectivity index (χ2n) is 12.8. The van der Waals surface area contributed by atoms with Gasteiger partial charge < -0.3 is 37.1 Å². The standard InChI is InChI=1S/C29H56N6O6/c1-18(2)23(26(39)33-20(24(37)19(3)4)12-11-16-32-27(30)40)34-25(38)21(31-10)13-14-22(36)35-29(8,9)15-17-41-28(5,6)7/h18-21,23,31H,11-17H2,1-10H3,(H,33,39)(H,34,38)(H,35,36)(H3,30,32,40). The average molecular weight is 585 g/mol. The first-order chi connectivity index (χ1) is 18.8. The Kier molecular flexibility index (Phi) is 16.8. The van der Waals surface area contributed by atoms with Crippen LogP contribution in [0.15, 0.2) is 0 Å². The van der Waals surface area contributed by atoms with Crippen molar-refractivity contribution in [2.75, 3.05) is 20.2 Å². The minimum Gasteiger partial charge on any atom is -0.376 e. The Morgan fingerprint density at radius 1 is 0.854 bits per heavy atom. The third kappa shape index (κ3) is 17.0. The van der Waals surface area contributed by atoms with Gasteiger partial charge in [-0.1, -0.05) is 27.7 Å². The Bertz CT molecular complexity index is 868. The van der Waals surface area contributed by atoms with E-state index in [9.17, 15) is 24.0 Å². The van der Waals surface area contributed by atoms with Crippen LogP contribution in [0.1, 0.15) is 94.4 Å². The zero-order chi connectivity index (χ0) is 32.0. The van der Waals surface area contributed by atoms with Gasteiger partial charge in [-0.15, -0.1) is 0 Å². The van der Waals surface area contributed by atoms with E-state index >= 15 is 0 Å². The third-order valence-electron chi connectivity index (χ3n) is 6.51. The number of ketones is 1. The summed E-state index contributed by atoms with van der Waals surface area (Å²) in [7, 11) is 1.62. The van der Waals surface area contributed by atoms with E-state index < -0.39 is 41.5 Å². The molecule has 0 rings (SSSR count). The molecule has 41 heavy (non-hydrogen) atoms. The molecule has 0 aliphatic heterocycles. The van der Waals surface area contributed by atoms with Crippen LogP contribution in [-0.4, -0.2) is 79.0 Å². The van der Waals surface area contributed by atoms with Crippen molar-refractivity contribution in [2.45, 2.75) is 124 Å². The van der Waals surface area contributed by atoms with Gasteiger partial charge in [0.1, 0.15) is 6.04 Å². The lowest BCUT2D eigenvalue weighted by atomic mass is 9.96. The summed E-state index contributed by atoms with van der Waals surface area (Å²) in [6.07, 6.45) is 1.74. The molecule has 3 atom stereocenters. The second kappa shape index (κ2) is 17.9. The molecule has 238 valence electrons. The molecule has 0 aromatic carbocycles. The molecular weight excluding hydrogens is 528 g/mol. The Morgan fingerprint density at radius 2 is 1.46 bits per heavy atom. The highest BCUT2D eigenvalue weighted by Crippen LogP contribution is 2.14. The Labute approximate surface area is 246 Å². The molecule has 0 fully saturated rings. The average Bonchev–Trinajstić information content (AvgIpc) is 2.82. The number of carbonyl (C=O) groups excluding carboxylic acids is 5. The summed E-state index contributed by atoms with van der Waals surface area (Å²) in [5.74, 6) is -1.78. The molecule has 0 aliphatic rings. The lowest BCUT2D eigenvalue weighted by Gasteiger charge is -2.29. The van der Waals surface area contributed by atoms with Gasteiger partial charge in [-0.3, -0.25) is 19.2 Å². The smallest absolute Gasteiger partial charge is 0.312 e. The van der Waals surface area contributed by atoms with E-state index in [-0.39, 0.29) is 48.5 Å². The summed E-state index contributed by atoms with van der Waals surface area (Å²) < 4.78 is 5.77. The summed E-state index contributed by atoms with van der Waals surface area (Å²) >= 11 is 0. The van der Waals surface area contributed by atoms with Crippen LogP contribution in [0.5, 0.6) is 0 Å². The van der Waals surface area contributed by atoms with E-state index in [1.165, 1.54) is 0 Å². The van der Waals surface area contributed by atoms with Crippen LogP contribution in [0.2, 0.25) is 0 Å². The molecule has 5 amide bonds. The number of rotatable bonds is 19. The van der Waals surface area contributed by atoms with Crippen molar-refractivity contribution in [3.05, 3.63) is 0 Å². The third-order valence-corrected chi connectivity index (χ3v) is 6.51. The fourth-order valence-corrected chi connectivity index (χ4v) is 4.05. The van der Waals surface area contributed by atoms with Gasteiger partial charge in [-0.25, -0.2) is 4.79 Å². The minimum atomic E-state index is -0.889. The summed E-state index contributed by atoms with van der Waals surface area (Å²) in [5, 5.41) is 14.0. The van der Waals surface area contributed by atoms with E-state index in [0.717, 1.165) is 0 Å². The lowest BCUT2D eigenvalue weighted by molar-refractivity contribution is -0.134. The highest BCUT2D eigenvalue weighted by molar-refractivity contribution is 5.94. The molecule has 0 radical (unpaired) electrons. The Hall–Kier alpha value is -2.73. The van der Waals surface area contributed by atoms with Crippen molar-refractivity contribution in [1.29, 1.82) is 0 Å². The van der Waals surface area contributed by atoms with Crippen LogP contribution in [0.4, 0.5) is 4.79 Å². The van der Waals surface area contributed by atoms with Crippen molar-refractivity contribution in [3.8, 4) is 0 Å². The molecule has 0 aromatic heterocycles. The highest BCUT2D eigenvalue weighted by atomic mass is 16.5. The van der Waals surface area contributed by atoms with Crippen molar-refractivity contribution in [3.63, 3.8) is 0 Å². The van der Waals surface area contributed by atoms with Crippen LogP contribution < -0.4 is 32.3 Å². The number of ether oxygens (including phenoxy) is 1. The van der Waals surface area contributed by atoms with Crippen LogP contribution >= 0.6 is 0 Å². The normalized spacial score (nSPS) is 14.2. The van der Waals surface area contributed by atoms with E-state index in [2.05, 4.69) is 26.6 Å². The van der Waals surface area contributed by atoms with Gasteiger partial charge >= 0.3 is 6.03 Å². The fourth-order valence-electron chi connectivity index (χ4n) is 4.05. The van der Waals surface area contributed by atoms with Crippen molar-refractivity contribution < 1.29 is 28.7 Å². The molecule has 0 saturated carbocycles. The van der Waals surface area contributed by atoms with Gasteiger partial charge in [-0.05, 0) is 73.3 Å². The first-order valence-corrected chi connectivity index (χ1v) is 14.6. The number of hydrogen-bond acceptors (Lipinski definition) is 7. The van der Waals surface area contributed by atoms with Crippen LogP contribution in [0.25, 0.3) is 0 Å². The predicted molar refractivity (Wildman–Crippen MR) is 160 cm³/mol. The number of nitrogens with one attached hydrogen (secondary N) is 5. The van der Waals surface area contributed by atoms with Crippen molar-refractivity contribution in [1.82, 2.24) is 26.6 Å². The number of likely N-dealkylation sites (N-methyl/N-ethyl adjacent to an activating group) is 1. The van der Waals surface area contributed by atoms with Gasteiger partial charge in [0.05, 0.1) is 17.7 Å². The number of nitrogens with two attached hydrogens (primary N) is 1. The predicted octanol–water partition coefficient (Wildman–Crippen LogP) is 1.75. The molecule has 0 aliphatic carbocycles. The topological polar surface area (TPSA) is 181 Å². The molecule has 0 aromatic rings. The SMILES string of the molecule is CNC(CCC(=O)NC(C)(C)CCOC(C)(C)C)C(=O)NC(C(=O)NC(CCCNC(N)=O)C(=O)C(C)C)C(C)C. The number of amides is 5. The monoisotopic (exact) mass is 584 g/mol. The summed E-state index contributed by atoms with van der Waals surface area (Å²) in [4.78, 5) is 62.7. The van der Waals surface area contributed by atoms with E-state index in [0.29, 0.717) is 25.9 Å². The number of primary amides is 1. The number of hydrogen-bond donors (Lipinski definition) is 6. The van der Waals surface area contributed by atoms with Gasteiger partial charge in [0.25, 0.3) is 0 Å². The summed E-state index contributed by atoms with van der Waals surface area (Å²) in [5.41, 5.74) is 4.36. The van der Waals surface area contributed by atoms with Crippen LogP contribution in [-0.2, 0) is 23.9 Å². The number of urea groups is 1. The maximum atomic E-state index is 13.2. The molecule has 12 heteroatoms. The van der Waals surface area contributed by atoms with Gasteiger partial charge in [0.15, 0.2) is 5.78 Å². The summed E-state index contributed by atoms with van der Waals surface area (Å²) in [6, 6.07) is -3.01. The number of carbonyl (C=O) groups is 5. The second-order valence-corrected chi connectivity index (χ2v) is 12.8. The van der Waals surface area contributed by atoms with Gasteiger partial charge in [-0.2, -0.15) is 0 Å². The van der Waals surface area contributed by atoms with Crippen molar-refractivity contribution in [2.24, 2.45) is 17.6 Å². The largest absolute Gasteiger partial charge is 0.376 e. The maximum absolute atomic E-state index is 13.2. The van der Waals surface area contributed by atoms with Gasteiger partial charge in [0.2, 0.25) is 17.7 Å². The zero-order valence-electron chi connectivity index (χ0n) is 26.9. The number of Topliss-reactive ketones (excluding diaryl/α,β-unsaturated/α-hetero) is 1. The highest BCUT2D eigenvalue weighted by Gasteiger charge is 2.31. The van der Waals surface area contributed by atoms with Crippen LogP contribution in [0, 0.1) is 11.8 Å². The molecular formula is C29H56N6O6. The van der Waals surface area contributed by atoms with Crippen molar-refractivity contribution >= 4 is 29.5 Å².